The van der Waals surface area contributed by atoms with Crippen LogP contribution in [0, 0.1) is 5.41 Å². The first-order valence-corrected chi connectivity index (χ1v) is 8.48. The molecule has 1 aromatic rings. The van der Waals surface area contributed by atoms with E-state index in [1.54, 1.807) is 7.05 Å². The number of rotatable bonds is 5. The number of hydrogen-bond acceptors (Lipinski definition) is 2. The van der Waals surface area contributed by atoms with Gasteiger partial charge in [-0.15, -0.1) is 24.0 Å². The molecule has 0 atom stereocenters. The maximum atomic E-state index is 11.8. The zero-order valence-electron chi connectivity index (χ0n) is 15.0. The van der Waals surface area contributed by atoms with Gasteiger partial charge >= 0.3 is 0 Å². The fourth-order valence-electron chi connectivity index (χ4n) is 1.96. The molecular formula is C17H28BrIN4O. The second-order valence-corrected chi connectivity index (χ2v) is 7.28. The molecule has 1 aromatic carbocycles. The number of halogens is 2. The van der Waals surface area contributed by atoms with E-state index in [1.165, 1.54) is 5.56 Å². The lowest BCUT2D eigenvalue weighted by atomic mass is 9.96. The van der Waals surface area contributed by atoms with Gasteiger partial charge in [-0.05, 0) is 11.6 Å². The van der Waals surface area contributed by atoms with Crippen molar-refractivity contribution in [3.63, 3.8) is 0 Å². The van der Waals surface area contributed by atoms with E-state index in [-0.39, 0.29) is 35.3 Å². The first-order valence-electron chi connectivity index (χ1n) is 7.69. The third-order valence-corrected chi connectivity index (χ3v) is 4.09. The summed E-state index contributed by atoms with van der Waals surface area (Å²) in [5.41, 5.74) is 0.830. The number of benzene rings is 1. The molecule has 5 nitrogen and oxygen atoms in total. The second-order valence-electron chi connectivity index (χ2n) is 6.43. The standard InChI is InChI=1S/C17H27BrN4O.HI/c1-17(2,3)15(23)20-10-11-21-16(19-4)22(5)12-13-8-6-7-9-14(13)18;/h6-9H,10-12H2,1-5H3,(H,19,21)(H,20,23);1H. The molecule has 7 heteroatoms. The third kappa shape index (κ3) is 7.83. The molecule has 0 saturated heterocycles. The fraction of sp³-hybridized carbons (Fsp3) is 0.529. The molecule has 0 aliphatic heterocycles. The summed E-state index contributed by atoms with van der Waals surface area (Å²) in [4.78, 5) is 18.1. The maximum absolute atomic E-state index is 11.8. The third-order valence-electron chi connectivity index (χ3n) is 3.31. The summed E-state index contributed by atoms with van der Waals surface area (Å²) in [6.07, 6.45) is 0. The lowest BCUT2D eigenvalue weighted by Gasteiger charge is -2.23. The van der Waals surface area contributed by atoms with Gasteiger partial charge in [-0.1, -0.05) is 54.9 Å². The van der Waals surface area contributed by atoms with Crippen LogP contribution < -0.4 is 10.6 Å². The summed E-state index contributed by atoms with van der Waals surface area (Å²) in [6.45, 7) is 7.66. The van der Waals surface area contributed by atoms with E-state index in [9.17, 15) is 4.79 Å². The number of nitrogens with one attached hydrogen (secondary N) is 2. The van der Waals surface area contributed by atoms with Crippen LogP contribution in [0.25, 0.3) is 0 Å². The average Bonchev–Trinajstić information content (AvgIpc) is 2.48. The summed E-state index contributed by atoms with van der Waals surface area (Å²) in [6, 6.07) is 8.13. The maximum Gasteiger partial charge on any atom is 0.225 e. The Morgan fingerprint density at radius 1 is 1.21 bits per heavy atom. The molecule has 24 heavy (non-hydrogen) atoms. The molecular weight excluding hydrogens is 483 g/mol. The quantitative estimate of drug-likeness (QED) is 0.277. The van der Waals surface area contributed by atoms with Crippen LogP contribution in [0.2, 0.25) is 0 Å². The van der Waals surface area contributed by atoms with Gasteiger partial charge in [0.25, 0.3) is 0 Å². The van der Waals surface area contributed by atoms with Crippen molar-refractivity contribution in [3.05, 3.63) is 34.3 Å². The van der Waals surface area contributed by atoms with Crippen molar-refractivity contribution in [3.8, 4) is 0 Å². The summed E-state index contributed by atoms with van der Waals surface area (Å²) >= 11 is 3.56. The van der Waals surface area contributed by atoms with E-state index in [0.29, 0.717) is 13.1 Å². The average molecular weight is 511 g/mol. The Balaban J connectivity index is 0.00000529. The molecule has 0 bridgehead atoms. The van der Waals surface area contributed by atoms with Crippen LogP contribution in [0.1, 0.15) is 26.3 Å². The minimum absolute atomic E-state index is 0. The van der Waals surface area contributed by atoms with E-state index >= 15 is 0 Å². The molecule has 0 saturated carbocycles. The highest BCUT2D eigenvalue weighted by atomic mass is 127. The number of carbonyl (C=O) groups excluding carboxylic acids is 1. The second kappa shape index (κ2) is 10.9. The molecule has 0 spiro atoms. The van der Waals surface area contributed by atoms with Gasteiger partial charge in [0.2, 0.25) is 5.91 Å². The van der Waals surface area contributed by atoms with Crippen molar-refractivity contribution in [2.45, 2.75) is 27.3 Å². The van der Waals surface area contributed by atoms with E-state index in [0.717, 1.165) is 17.0 Å². The van der Waals surface area contributed by atoms with Crippen LogP contribution in [0.3, 0.4) is 0 Å². The smallest absolute Gasteiger partial charge is 0.225 e. The lowest BCUT2D eigenvalue weighted by Crippen LogP contribution is -2.43. The van der Waals surface area contributed by atoms with Gasteiger partial charge in [-0.2, -0.15) is 0 Å². The first-order chi connectivity index (χ1) is 10.8. The van der Waals surface area contributed by atoms with E-state index in [2.05, 4.69) is 37.6 Å². The van der Waals surface area contributed by atoms with Crippen molar-refractivity contribution < 1.29 is 4.79 Å². The monoisotopic (exact) mass is 510 g/mol. The minimum atomic E-state index is -0.363. The molecule has 1 rings (SSSR count). The summed E-state index contributed by atoms with van der Waals surface area (Å²) < 4.78 is 1.08. The SMILES string of the molecule is CN=C(NCCNC(=O)C(C)(C)C)N(C)Cc1ccccc1Br.I. The molecule has 0 heterocycles. The van der Waals surface area contributed by atoms with Crippen LogP contribution in [0.15, 0.2) is 33.7 Å². The zero-order chi connectivity index (χ0) is 17.5. The Hall–Kier alpha value is -0.830. The fourth-order valence-corrected chi connectivity index (χ4v) is 2.37. The molecule has 0 radical (unpaired) electrons. The van der Waals surface area contributed by atoms with Gasteiger partial charge in [0, 0.05) is 43.6 Å². The van der Waals surface area contributed by atoms with Crippen molar-refractivity contribution >= 4 is 51.8 Å². The van der Waals surface area contributed by atoms with Crippen LogP contribution in [0.5, 0.6) is 0 Å². The van der Waals surface area contributed by atoms with Crippen LogP contribution in [-0.2, 0) is 11.3 Å². The van der Waals surface area contributed by atoms with Crippen LogP contribution in [-0.4, -0.2) is 44.0 Å². The van der Waals surface area contributed by atoms with Gasteiger partial charge in [0.15, 0.2) is 5.96 Å². The topological polar surface area (TPSA) is 56.7 Å². The Kier molecular flexibility index (Phi) is 10.5. The van der Waals surface area contributed by atoms with Crippen molar-refractivity contribution in [1.82, 2.24) is 15.5 Å². The lowest BCUT2D eigenvalue weighted by molar-refractivity contribution is -0.128. The Labute approximate surface area is 170 Å². The highest BCUT2D eigenvalue weighted by molar-refractivity contribution is 14.0. The summed E-state index contributed by atoms with van der Waals surface area (Å²) in [5.74, 6) is 0.849. The minimum Gasteiger partial charge on any atom is -0.354 e. The van der Waals surface area contributed by atoms with Gasteiger partial charge in [-0.3, -0.25) is 9.79 Å². The Morgan fingerprint density at radius 2 is 1.79 bits per heavy atom. The van der Waals surface area contributed by atoms with E-state index < -0.39 is 0 Å². The predicted octanol–water partition coefficient (Wildman–Crippen LogP) is 3.24. The largest absolute Gasteiger partial charge is 0.354 e. The van der Waals surface area contributed by atoms with Gasteiger partial charge < -0.3 is 15.5 Å². The molecule has 0 aliphatic rings. The van der Waals surface area contributed by atoms with Crippen molar-refractivity contribution in [2.24, 2.45) is 10.4 Å². The molecule has 0 aromatic heterocycles. The van der Waals surface area contributed by atoms with Gasteiger partial charge in [0.05, 0.1) is 0 Å². The summed E-state index contributed by atoms with van der Waals surface area (Å²) in [7, 11) is 3.75. The highest BCUT2D eigenvalue weighted by Gasteiger charge is 2.20. The molecule has 0 unspecified atom stereocenters. The number of guanidine groups is 1. The predicted molar refractivity (Wildman–Crippen MR) is 115 cm³/mol. The van der Waals surface area contributed by atoms with Gasteiger partial charge in [-0.25, -0.2) is 0 Å². The number of hydrogen-bond donors (Lipinski definition) is 2. The molecule has 0 fully saturated rings. The Morgan fingerprint density at radius 3 is 2.33 bits per heavy atom. The van der Waals surface area contributed by atoms with E-state index in [1.807, 2.05) is 50.9 Å². The number of nitrogens with zero attached hydrogens (tertiary/aromatic N) is 2. The molecule has 2 N–H and O–H groups in total. The van der Waals surface area contributed by atoms with Gasteiger partial charge in [0.1, 0.15) is 0 Å². The van der Waals surface area contributed by atoms with Crippen molar-refractivity contribution in [1.29, 1.82) is 0 Å². The molecule has 136 valence electrons. The highest BCUT2D eigenvalue weighted by Crippen LogP contribution is 2.17. The summed E-state index contributed by atoms with van der Waals surface area (Å²) in [5, 5.41) is 6.18. The number of aliphatic imine (C=N–C) groups is 1. The van der Waals surface area contributed by atoms with Crippen LogP contribution >= 0.6 is 39.9 Å². The molecule has 1 amide bonds. The normalized spacial score (nSPS) is 11.5. The Bertz CT molecular complexity index is 558. The van der Waals surface area contributed by atoms with Crippen LogP contribution in [0.4, 0.5) is 0 Å². The molecule has 0 aliphatic carbocycles. The first kappa shape index (κ1) is 23.2. The zero-order valence-corrected chi connectivity index (χ0v) is 18.9. The number of amides is 1. The van der Waals surface area contributed by atoms with Crippen molar-refractivity contribution in [2.75, 3.05) is 27.2 Å². The number of carbonyl (C=O) groups is 1. The van der Waals surface area contributed by atoms with E-state index in [4.69, 9.17) is 0 Å².